The van der Waals surface area contributed by atoms with Gasteiger partial charge in [0.2, 0.25) is 0 Å². The fraction of sp³-hybridized carbons (Fsp3) is 0.900. The third kappa shape index (κ3) is 1.57. The summed E-state index contributed by atoms with van der Waals surface area (Å²) in [5.41, 5.74) is 0.473. The molecule has 1 saturated heterocycles. The summed E-state index contributed by atoms with van der Waals surface area (Å²) in [6.45, 7) is 5.99. The molecule has 3 nitrogen and oxygen atoms in total. The lowest BCUT2D eigenvalue weighted by Gasteiger charge is -2.53. The molecule has 2 fully saturated rings. The molecule has 1 aliphatic carbocycles. The summed E-state index contributed by atoms with van der Waals surface area (Å²) in [7, 11) is 0. The highest BCUT2D eigenvalue weighted by Crippen LogP contribution is 2.48. The van der Waals surface area contributed by atoms with Gasteiger partial charge < -0.3 is 10.1 Å². The van der Waals surface area contributed by atoms with Crippen molar-refractivity contribution in [2.24, 2.45) is 11.3 Å². The highest BCUT2D eigenvalue weighted by Gasteiger charge is 2.51. The van der Waals surface area contributed by atoms with Gasteiger partial charge in [0.15, 0.2) is 0 Å². The monoisotopic (exact) mass is 183 g/mol. The molecule has 0 aromatic carbocycles. The van der Waals surface area contributed by atoms with Crippen LogP contribution in [0.2, 0.25) is 0 Å². The van der Waals surface area contributed by atoms with E-state index in [9.17, 15) is 4.79 Å². The topological polar surface area (TPSA) is 38.3 Å². The van der Waals surface area contributed by atoms with Crippen LogP contribution >= 0.6 is 0 Å². The zero-order valence-corrected chi connectivity index (χ0v) is 8.30. The van der Waals surface area contributed by atoms with Gasteiger partial charge in [-0.25, -0.2) is 0 Å². The highest BCUT2D eigenvalue weighted by molar-refractivity contribution is 5.74. The molecule has 1 saturated carbocycles. The SMILES string of the molecule is CC(C)OC(=O)C1CC2(CNC2)C1. The first-order valence-electron chi connectivity index (χ1n) is 5.03. The number of esters is 1. The lowest BCUT2D eigenvalue weighted by Crippen LogP contribution is -2.61. The number of carbonyl (C=O) groups is 1. The second kappa shape index (κ2) is 2.98. The molecule has 1 heterocycles. The predicted octanol–water partition coefficient (Wildman–Crippen LogP) is 0.938. The van der Waals surface area contributed by atoms with Crippen LogP contribution in [-0.2, 0) is 9.53 Å². The van der Waals surface area contributed by atoms with Gasteiger partial charge in [-0.15, -0.1) is 0 Å². The van der Waals surface area contributed by atoms with E-state index in [1.54, 1.807) is 0 Å². The summed E-state index contributed by atoms with van der Waals surface area (Å²) in [6, 6.07) is 0. The van der Waals surface area contributed by atoms with Gasteiger partial charge in [0.1, 0.15) is 0 Å². The largest absolute Gasteiger partial charge is 0.463 e. The molecule has 0 aromatic heterocycles. The van der Waals surface area contributed by atoms with Crippen molar-refractivity contribution in [2.45, 2.75) is 32.8 Å². The first kappa shape index (κ1) is 9.00. The fourth-order valence-electron chi connectivity index (χ4n) is 2.25. The van der Waals surface area contributed by atoms with Crippen molar-refractivity contribution in [3.8, 4) is 0 Å². The summed E-state index contributed by atoms with van der Waals surface area (Å²) in [5.74, 6) is 0.192. The van der Waals surface area contributed by atoms with Crippen LogP contribution < -0.4 is 5.32 Å². The number of hydrogen-bond donors (Lipinski definition) is 1. The van der Waals surface area contributed by atoms with Crippen LogP contribution in [-0.4, -0.2) is 25.2 Å². The van der Waals surface area contributed by atoms with E-state index in [1.807, 2.05) is 13.8 Å². The summed E-state index contributed by atoms with van der Waals surface area (Å²) in [6.07, 6.45) is 2.10. The predicted molar refractivity (Wildman–Crippen MR) is 49.3 cm³/mol. The van der Waals surface area contributed by atoms with Crippen LogP contribution in [0, 0.1) is 11.3 Å². The van der Waals surface area contributed by atoms with Crippen molar-refractivity contribution in [3.05, 3.63) is 0 Å². The molecule has 1 spiro atoms. The van der Waals surface area contributed by atoms with E-state index in [2.05, 4.69) is 5.32 Å². The van der Waals surface area contributed by atoms with Gasteiger partial charge in [-0.2, -0.15) is 0 Å². The Morgan fingerprint density at radius 1 is 1.46 bits per heavy atom. The second-order valence-electron chi connectivity index (χ2n) is 4.69. The summed E-state index contributed by atoms with van der Waals surface area (Å²) in [5, 5.41) is 3.25. The lowest BCUT2D eigenvalue weighted by atomic mass is 9.58. The quantitative estimate of drug-likeness (QED) is 0.647. The van der Waals surface area contributed by atoms with E-state index in [4.69, 9.17) is 4.74 Å². The van der Waals surface area contributed by atoms with Crippen molar-refractivity contribution in [1.82, 2.24) is 5.32 Å². The van der Waals surface area contributed by atoms with Gasteiger partial charge in [-0.05, 0) is 32.1 Å². The smallest absolute Gasteiger partial charge is 0.309 e. The van der Waals surface area contributed by atoms with Gasteiger partial charge in [0.05, 0.1) is 12.0 Å². The second-order valence-corrected chi connectivity index (χ2v) is 4.69. The molecule has 74 valence electrons. The maximum atomic E-state index is 11.4. The number of ether oxygens (including phenoxy) is 1. The third-order valence-electron chi connectivity index (χ3n) is 3.04. The first-order chi connectivity index (χ1) is 6.11. The zero-order chi connectivity index (χ0) is 9.47. The van der Waals surface area contributed by atoms with E-state index in [-0.39, 0.29) is 18.0 Å². The van der Waals surface area contributed by atoms with Crippen LogP contribution in [0.25, 0.3) is 0 Å². The van der Waals surface area contributed by atoms with Gasteiger partial charge in [0.25, 0.3) is 0 Å². The number of nitrogens with one attached hydrogen (secondary N) is 1. The van der Waals surface area contributed by atoms with Crippen LogP contribution in [0.5, 0.6) is 0 Å². The molecule has 2 aliphatic rings. The fourth-order valence-corrected chi connectivity index (χ4v) is 2.25. The Bertz CT molecular complexity index is 213. The molecule has 0 bridgehead atoms. The highest BCUT2D eigenvalue weighted by atomic mass is 16.5. The Labute approximate surface area is 78.8 Å². The van der Waals surface area contributed by atoms with Gasteiger partial charge in [0, 0.05) is 13.1 Å². The van der Waals surface area contributed by atoms with Crippen LogP contribution in [0.4, 0.5) is 0 Å². The Morgan fingerprint density at radius 2 is 2.08 bits per heavy atom. The standard InChI is InChI=1S/C10H17NO2/c1-7(2)13-9(12)8-3-10(4-8)5-11-6-10/h7-8,11H,3-6H2,1-2H3. The molecule has 0 aromatic rings. The average molecular weight is 183 g/mol. The summed E-state index contributed by atoms with van der Waals surface area (Å²) < 4.78 is 5.16. The van der Waals surface area contributed by atoms with E-state index in [0.717, 1.165) is 25.9 Å². The zero-order valence-electron chi connectivity index (χ0n) is 8.30. The normalized spacial score (nSPS) is 25.5. The molecule has 1 N–H and O–H groups in total. The van der Waals surface area contributed by atoms with Crippen molar-refractivity contribution in [3.63, 3.8) is 0 Å². The molecule has 0 atom stereocenters. The van der Waals surface area contributed by atoms with E-state index in [1.165, 1.54) is 0 Å². The van der Waals surface area contributed by atoms with Gasteiger partial charge in [-0.3, -0.25) is 4.79 Å². The minimum Gasteiger partial charge on any atom is -0.463 e. The van der Waals surface area contributed by atoms with Crippen molar-refractivity contribution < 1.29 is 9.53 Å². The summed E-state index contributed by atoms with van der Waals surface area (Å²) >= 11 is 0. The molecular weight excluding hydrogens is 166 g/mol. The van der Waals surface area contributed by atoms with Crippen LogP contribution in [0.1, 0.15) is 26.7 Å². The Kier molecular flexibility index (Phi) is 2.06. The Morgan fingerprint density at radius 3 is 2.46 bits per heavy atom. The Hall–Kier alpha value is -0.570. The molecular formula is C10H17NO2. The molecule has 0 radical (unpaired) electrons. The lowest BCUT2D eigenvalue weighted by molar-refractivity contribution is -0.163. The number of carbonyl (C=O) groups excluding carboxylic acids is 1. The molecule has 13 heavy (non-hydrogen) atoms. The maximum absolute atomic E-state index is 11.4. The van der Waals surface area contributed by atoms with Gasteiger partial charge >= 0.3 is 5.97 Å². The molecule has 0 unspecified atom stereocenters. The molecule has 2 rings (SSSR count). The number of rotatable bonds is 2. The van der Waals surface area contributed by atoms with Crippen molar-refractivity contribution in [2.75, 3.05) is 13.1 Å². The first-order valence-corrected chi connectivity index (χ1v) is 5.03. The maximum Gasteiger partial charge on any atom is 0.309 e. The Balaban J connectivity index is 1.76. The average Bonchev–Trinajstić information content (AvgIpc) is 1.77. The third-order valence-corrected chi connectivity index (χ3v) is 3.04. The van der Waals surface area contributed by atoms with E-state index < -0.39 is 0 Å². The molecule has 1 aliphatic heterocycles. The molecule has 0 amide bonds. The van der Waals surface area contributed by atoms with Crippen molar-refractivity contribution in [1.29, 1.82) is 0 Å². The summed E-state index contributed by atoms with van der Waals surface area (Å²) in [4.78, 5) is 11.4. The van der Waals surface area contributed by atoms with Crippen LogP contribution in [0.3, 0.4) is 0 Å². The van der Waals surface area contributed by atoms with E-state index >= 15 is 0 Å². The van der Waals surface area contributed by atoms with E-state index in [0.29, 0.717) is 5.41 Å². The van der Waals surface area contributed by atoms with Crippen LogP contribution in [0.15, 0.2) is 0 Å². The van der Waals surface area contributed by atoms with Crippen molar-refractivity contribution >= 4 is 5.97 Å². The minimum absolute atomic E-state index is 0.00697. The minimum atomic E-state index is 0.00697. The molecule has 3 heteroatoms. The number of hydrogen-bond acceptors (Lipinski definition) is 3. The van der Waals surface area contributed by atoms with Gasteiger partial charge in [-0.1, -0.05) is 0 Å².